The first-order valence-corrected chi connectivity index (χ1v) is 6.04. The number of carbonyl (C=O) groups is 2. The molecule has 1 aliphatic heterocycles. The van der Waals surface area contributed by atoms with E-state index in [9.17, 15) is 14.7 Å². The molecule has 2 rings (SSSR count). The van der Waals surface area contributed by atoms with Gasteiger partial charge in [0.05, 0.1) is 11.8 Å². The molecule has 6 heteroatoms. The predicted molar refractivity (Wildman–Crippen MR) is 64.2 cm³/mol. The number of carbonyl (C=O) groups excluding carboxylic acids is 1. The van der Waals surface area contributed by atoms with Crippen molar-refractivity contribution in [3.8, 4) is 0 Å². The Kier molecular flexibility index (Phi) is 3.36. The largest absolute Gasteiger partial charge is 0.480 e. The molecule has 0 aromatic carbocycles. The molecule has 0 spiro atoms. The molecule has 1 amide bonds. The molecule has 0 aliphatic carbocycles. The van der Waals surface area contributed by atoms with Crippen LogP contribution in [0.5, 0.6) is 0 Å². The zero-order chi connectivity index (χ0) is 13.3. The van der Waals surface area contributed by atoms with Crippen molar-refractivity contribution in [2.45, 2.75) is 32.7 Å². The molecule has 1 saturated heterocycles. The number of aromatic amines is 1. The van der Waals surface area contributed by atoms with Crippen LogP contribution in [0.15, 0.2) is 6.20 Å². The SMILES string of the molecule is Cc1[nH]ncc1C(=O)N1CCC(C)CC1C(=O)O. The van der Waals surface area contributed by atoms with Gasteiger partial charge in [0.15, 0.2) is 0 Å². The lowest BCUT2D eigenvalue weighted by Crippen LogP contribution is -2.49. The highest BCUT2D eigenvalue weighted by atomic mass is 16.4. The number of aryl methyl sites for hydroxylation is 1. The molecule has 98 valence electrons. The van der Waals surface area contributed by atoms with Crippen LogP contribution in [0.2, 0.25) is 0 Å². The minimum Gasteiger partial charge on any atom is -0.480 e. The molecule has 2 atom stereocenters. The summed E-state index contributed by atoms with van der Waals surface area (Å²) in [4.78, 5) is 25.0. The lowest BCUT2D eigenvalue weighted by molar-refractivity contribution is -0.144. The maximum atomic E-state index is 12.3. The van der Waals surface area contributed by atoms with Crippen LogP contribution < -0.4 is 0 Å². The summed E-state index contributed by atoms with van der Waals surface area (Å²) in [6.07, 6.45) is 2.80. The first-order chi connectivity index (χ1) is 8.50. The molecular formula is C12H17N3O3. The summed E-state index contributed by atoms with van der Waals surface area (Å²) in [6.45, 7) is 4.25. The Balaban J connectivity index is 2.23. The van der Waals surface area contributed by atoms with Crippen LogP contribution in [0.3, 0.4) is 0 Å². The fraction of sp³-hybridized carbons (Fsp3) is 0.583. The van der Waals surface area contributed by atoms with E-state index in [4.69, 9.17) is 0 Å². The molecule has 1 aliphatic rings. The maximum Gasteiger partial charge on any atom is 0.326 e. The highest BCUT2D eigenvalue weighted by Crippen LogP contribution is 2.24. The lowest BCUT2D eigenvalue weighted by atomic mass is 9.92. The van der Waals surface area contributed by atoms with Crippen LogP contribution in [0.1, 0.15) is 35.8 Å². The van der Waals surface area contributed by atoms with Crippen molar-refractivity contribution in [2.24, 2.45) is 5.92 Å². The topological polar surface area (TPSA) is 86.3 Å². The fourth-order valence-corrected chi connectivity index (χ4v) is 2.34. The molecular weight excluding hydrogens is 234 g/mol. The van der Waals surface area contributed by atoms with Gasteiger partial charge >= 0.3 is 5.97 Å². The fourth-order valence-electron chi connectivity index (χ4n) is 2.34. The zero-order valence-electron chi connectivity index (χ0n) is 10.5. The number of aliphatic carboxylic acids is 1. The van der Waals surface area contributed by atoms with Gasteiger partial charge in [-0.2, -0.15) is 5.10 Å². The van der Waals surface area contributed by atoms with E-state index in [-0.39, 0.29) is 5.91 Å². The number of rotatable bonds is 2. The molecule has 1 aromatic heterocycles. The average molecular weight is 251 g/mol. The van der Waals surface area contributed by atoms with Gasteiger partial charge in [0.2, 0.25) is 0 Å². The Morgan fingerprint density at radius 3 is 2.83 bits per heavy atom. The summed E-state index contributed by atoms with van der Waals surface area (Å²) >= 11 is 0. The third-order valence-electron chi connectivity index (χ3n) is 3.47. The molecule has 18 heavy (non-hydrogen) atoms. The van der Waals surface area contributed by atoms with Gasteiger partial charge in [-0.25, -0.2) is 4.79 Å². The standard InChI is InChI=1S/C12H17N3O3/c1-7-3-4-15(10(5-7)12(17)18)11(16)9-6-13-14-8(9)2/h6-7,10H,3-5H2,1-2H3,(H,13,14)(H,17,18). The molecule has 0 saturated carbocycles. The number of carboxylic acids is 1. The van der Waals surface area contributed by atoms with Gasteiger partial charge in [0, 0.05) is 12.2 Å². The number of carboxylic acid groups (broad SMARTS) is 1. The second-order valence-electron chi connectivity index (χ2n) is 4.89. The minimum atomic E-state index is -0.934. The monoisotopic (exact) mass is 251 g/mol. The summed E-state index contributed by atoms with van der Waals surface area (Å²) in [6, 6.07) is -0.726. The van der Waals surface area contributed by atoms with E-state index in [0.29, 0.717) is 30.1 Å². The summed E-state index contributed by atoms with van der Waals surface area (Å²) in [5.74, 6) is -0.850. The van der Waals surface area contributed by atoms with Gasteiger partial charge in [-0.3, -0.25) is 9.89 Å². The number of hydrogen-bond donors (Lipinski definition) is 2. The lowest BCUT2D eigenvalue weighted by Gasteiger charge is -2.35. The van der Waals surface area contributed by atoms with Gasteiger partial charge in [0.1, 0.15) is 6.04 Å². The number of likely N-dealkylation sites (tertiary alicyclic amines) is 1. The first-order valence-electron chi connectivity index (χ1n) is 6.04. The van der Waals surface area contributed by atoms with E-state index in [1.807, 2.05) is 6.92 Å². The van der Waals surface area contributed by atoms with Crippen LogP contribution in [-0.4, -0.2) is 44.7 Å². The third kappa shape index (κ3) is 2.23. The van der Waals surface area contributed by atoms with E-state index in [2.05, 4.69) is 10.2 Å². The van der Waals surface area contributed by atoms with Crippen molar-refractivity contribution >= 4 is 11.9 Å². The quantitative estimate of drug-likeness (QED) is 0.822. The maximum absolute atomic E-state index is 12.3. The first kappa shape index (κ1) is 12.6. The van der Waals surface area contributed by atoms with Crippen LogP contribution in [0.25, 0.3) is 0 Å². The normalized spacial score (nSPS) is 24.0. The summed E-state index contributed by atoms with van der Waals surface area (Å²) in [5, 5.41) is 15.7. The third-order valence-corrected chi connectivity index (χ3v) is 3.47. The molecule has 0 radical (unpaired) electrons. The molecule has 6 nitrogen and oxygen atoms in total. The number of nitrogens with zero attached hydrogens (tertiary/aromatic N) is 2. The van der Waals surface area contributed by atoms with Gasteiger partial charge in [-0.15, -0.1) is 0 Å². The number of aromatic nitrogens is 2. The molecule has 2 N–H and O–H groups in total. The number of H-pyrrole nitrogens is 1. The van der Waals surface area contributed by atoms with Crippen molar-refractivity contribution < 1.29 is 14.7 Å². The van der Waals surface area contributed by atoms with E-state index in [0.717, 1.165) is 6.42 Å². The summed E-state index contributed by atoms with van der Waals surface area (Å²) < 4.78 is 0. The van der Waals surface area contributed by atoms with Crippen molar-refractivity contribution in [3.63, 3.8) is 0 Å². The molecule has 2 heterocycles. The Morgan fingerprint density at radius 2 is 2.28 bits per heavy atom. The minimum absolute atomic E-state index is 0.249. The molecule has 2 unspecified atom stereocenters. The van der Waals surface area contributed by atoms with Gasteiger partial charge < -0.3 is 10.0 Å². The van der Waals surface area contributed by atoms with E-state index < -0.39 is 12.0 Å². The van der Waals surface area contributed by atoms with E-state index in [1.54, 1.807) is 6.92 Å². The average Bonchev–Trinajstić information content (AvgIpc) is 2.74. The van der Waals surface area contributed by atoms with Crippen LogP contribution in [-0.2, 0) is 4.79 Å². The molecule has 1 fully saturated rings. The second kappa shape index (κ2) is 4.80. The van der Waals surface area contributed by atoms with Gasteiger partial charge in [-0.05, 0) is 25.7 Å². The Labute approximate surface area is 105 Å². The van der Waals surface area contributed by atoms with Crippen molar-refractivity contribution in [1.82, 2.24) is 15.1 Å². The summed E-state index contributed by atoms with van der Waals surface area (Å²) in [5.41, 5.74) is 1.12. The smallest absolute Gasteiger partial charge is 0.326 e. The Hall–Kier alpha value is -1.85. The number of hydrogen-bond acceptors (Lipinski definition) is 3. The van der Waals surface area contributed by atoms with Crippen molar-refractivity contribution in [3.05, 3.63) is 17.5 Å². The van der Waals surface area contributed by atoms with Gasteiger partial charge in [0.25, 0.3) is 5.91 Å². The molecule has 1 aromatic rings. The second-order valence-corrected chi connectivity index (χ2v) is 4.89. The van der Waals surface area contributed by atoms with Crippen LogP contribution >= 0.6 is 0 Å². The predicted octanol–water partition coefficient (Wildman–Crippen LogP) is 1.04. The van der Waals surface area contributed by atoms with Crippen LogP contribution in [0, 0.1) is 12.8 Å². The Morgan fingerprint density at radius 1 is 1.56 bits per heavy atom. The highest BCUT2D eigenvalue weighted by Gasteiger charge is 2.35. The van der Waals surface area contributed by atoms with Gasteiger partial charge in [-0.1, -0.05) is 6.92 Å². The zero-order valence-corrected chi connectivity index (χ0v) is 10.5. The number of amides is 1. The molecule has 0 bridgehead atoms. The summed E-state index contributed by atoms with van der Waals surface area (Å²) in [7, 11) is 0. The van der Waals surface area contributed by atoms with Crippen molar-refractivity contribution in [2.75, 3.05) is 6.54 Å². The van der Waals surface area contributed by atoms with Crippen molar-refractivity contribution in [1.29, 1.82) is 0 Å². The Bertz CT molecular complexity index is 469. The van der Waals surface area contributed by atoms with E-state index >= 15 is 0 Å². The number of piperidine rings is 1. The number of nitrogens with one attached hydrogen (secondary N) is 1. The van der Waals surface area contributed by atoms with E-state index in [1.165, 1.54) is 11.1 Å². The van der Waals surface area contributed by atoms with Crippen LogP contribution in [0.4, 0.5) is 0 Å². The highest BCUT2D eigenvalue weighted by molar-refractivity contribution is 5.97.